The predicted octanol–water partition coefficient (Wildman–Crippen LogP) is 2.56. The normalized spacial score (nSPS) is 43.5. The topological polar surface area (TPSA) is 43.9 Å². The van der Waals surface area contributed by atoms with Crippen molar-refractivity contribution in [2.75, 3.05) is 21.1 Å². The van der Waals surface area contributed by atoms with Crippen molar-refractivity contribution in [1.82, 2.24) is 14.7 Å². The van der Waals surface area contributed by atoms with Crippen molar-refractivity contribution in [2.45, 2.75) is 70.5 Å². The smallest absolute Gasteiger partial charge is 0.312 e. The molecule has 5 nitrogen and oxygen atoms in total. The van der Waals surface area contributed by atoms with Crippen LogP contribution in [0.5, 0.6) is 0 Å². The zero-order valence-corrected chi connectivity index (χ0v) is 15.4. The maximum absolute atomic E-state index is 13.1. The fourth-order valence-electron chi connectivity index (χ4n) is 4.77. The Morgan fingerprint density at radius 1 is 1.09 bits per heavy atom. The van der Waals surface area contributed by atoms with E-state index in [2.05, 4.69) is 46.6 Å². The van der Waals surface area contributed by atoms with Crippen molar-refractivity contribution < 1.29 is 9.59 Å². The quantitative estimate of drug-likeness (QED) is 0.736. The molecule has 0 radical (unpaired) electrons. The van der Waals surface area contributed by atoms with Crippen molar-refractivity contribution in [3.63, 3.8) is 0 Å². The van der Waals surface area contributed by atoms with Crippen molar-refractivity contribution in [3.05, 3.63) is 0 Å². The number of amides is 3. The number of carbonyl (C=O) groups is 2. The lowest BCUT2D eigenvalue weighted by atomic mass is 9.59. The van der Waals surface area contributed by atoms with Crippen LogP contribution in [-0.2, 0) is 4.79 Å². The number of urea groups is 1. The Morgan fingerprint density at radius 2 is 1.64 bits per heavy atom. The second-order valence-electron chi connectivity index (χ2n) is 7.65. The molecule has 1 spiro atoms. The summed E-state index contributed by atoms with van der Waals surface area (Å²) in [6, 6.07) is -0.182. The highest BCUT2D eigenvalue weighted by atomic mass is 16.2. The van der Waals surface area contributed by atoms with E-state index in [4.69, 9.17) is 0 Å². The van der Waals surface area contributed by atoms with E-state index in [1.54, 1.807) is 19.0 Å². The number of piperidine rings is 1. The summed E-state index contributed by atoms with van der Waals surface area (Å²) in [5.74, 6) is 0.0287. The van der Waals surface area contributed by atoms with Gasteiger partial charge in [0.2, 0.25) is 0 Å². The van der Waals surface area contributed by atoms with Crippen molar-refractivity contribution in [2.24, 2.45) is 5.92 Å². The van der Waals surface area contributed by atoms with Gasteiger partial charge in [0.15, 0.2) is 0 Å². The number of likely N-dealkylation sites (N-methyl/N-ethyl adjacent to an activating group) is 2. The second kappa shape index (κ2) is 4.95. The van der Waals surface area contributed by atoms with E-state index >= 15 is 0 Å². The molecule has 22 heavy (non-hydrogen) atoms. The van der Waals surface area contributed by atoms with E-state index in [1.807, 2.05) is 0 Å². The number of nitrogens with zero attached hydrogens (tertiary/aromatic N) is 3. The Hall–Kier alpha value is -1.10. The van der Waals surface area contributed by atoms with Gasteiger partial charge in [0.25, 0.3) is 5.91 Å². The van der Waals surface area contributed by atoms with Crippen LogP contribution in [0.15, 0.2) is 0 Å². The van der Waals surface area contributed by atoms with Gasteiger partial charge < -0.3 is 4.90 Å². The minimum Gasteiger partial charge on any atom is -0.312 e. The summed E-state index contributed by atoms with van der Waals surface area (Å²) in [5, 5.41) is 0. The molecule has 126 valence electrons. The maximum Gasteiger partial charge on any atom is 0.327 e. The molecule has 2 rings (SSSR count). The molecule has 0 aliphatic carbocycles. The number of imide groups is 1. The molecular formula is C17H31N3O2. The number of hydrogen-bond donors (Lipinski definition) is 0. The minimum atomic E-state index is -0.728. The van der Waals surface area contributed by atoms with Gasteiger partial charge in [-0.1, -0.05) is 20.8 Å². The third kappa shape index (κ3) is 1.75. The Balaban J connectivity index is 2.66. The molecule has 0 aromatic heterocycles. The summed E-state index contributed by atoms with van der Waals surface area (Å²) in [5.41, 5.74) is -0.959. The first kappa shape index (κ1) is 17.3. The van der Waals surface area contributed by atoms with Gasteiger partial charge in [0, 0.05) is 31.1 Å². The zero-order valence-electron chi connectivity index (χ0n) is 15.4. The number of carbonyl (C=O) groups excluding carboxylic acids is 2. The molecule has 0 saturated carbocycles. The molecule has 2 aliphatic heterocycles. The molecule has 4 unspecified atom stereocenters. The summed E-state index contributed by atoms with van der Waals surface area (Å²) in [7, 11) is 5.56. The number of hydrogen-bond acceptors (Lipinski definition) is 3. The van der Waals surface area contributed by atoms with Gasteiger partial charge in [-0.2, -0.15) is 0 Å². The fourth-order valence-corrected chi connectivity index (χ4v) is 4.77. The molecule has 3 amide bonds. The average molecular weight is 309 g/mol. The van der Waals surface area contributed by atoms with Crippen LogP contribution in [0.2, 0.25) is 0 Å². The third-order valence-electron chi connectivity index (χ3n) is 7.20. The lowest BCUT2D eigenvalue weighted by molar-refractivity contribution is -0.159. The summed E-state index contributed by atoms with van der Waals surface area (Å²) < 4.78 is 0. The molecular weight excluding hydrogens is 278 g/mol. The Labute approximate surface area is 134 Å². The number of rotatable bonds is 2. The van der Waals surface area contributed by atoms with Crippen LogP contribution in [0.1, 0.15) is 53.9 Å². The molecule has 2 saturated heterocycles. The second-order valence-corrected chi connectivity index (χ2v) is 7.65. The zero-order chi connectivity index (χ0) is 17.1. The fraction of sp³-hybridized carbons (Fsp3) is 0.882. The van der Waals surface area contributed by atoms with Crippen LogP contribution in [0.25, 0.3) is 0 Å². The molecule has 2 aliphatic rings. The van der Waals surface area contributed by atoms with E-state index in [9.17, 15) is 9.59 Å². The molecule has 2 heterocycles. The van der Waals surface area contributed by atoms with E-state index in [1.165, 1.54) is 4.90 Å². The SMILES string of the molecule is CCC1(C)CC2(C(=O)N(C)C(=O)N2C)C(C)C(C)(CC)N1C. The lowest BCUT2D eigenvalue weighted by Gasteiger charge is -2.63. The molecule has 0 aromatic carbocycles. The van der Waals surface area contributed by atoms with Crippen LogP contribution in [0.4, 0.5) is 4.79 Å². The summed E-state index contributed by atoms with van der Waals surface area (Å²) in [6.07, 6.45) is 2.59. The van der Waals surface area contributed by atoms with Gasteiger partial charge in [-0.3, -0.25) is 14.6 Å². The summed E-state index contributed by atoms with van der Waals surface area (Å²) in [6.45, 7) is 10.9. The van der Waals surface area contributed by atoms with Gasteiger partial charge >= 0.3 is 6.03 Å². The Kier molecular flexibility index (Phi) is 3.88. The molecule has 5 heteroatoms. The highest BCUT2D eigenvalue weighted by Gasteiger charge is 2.67. The summed E-state index contributed by atoms with van der Waals surface area (Å²) in [4.78, 5) is 31.0. The van der Waals surface area contributed by atoms with Gasteiger partial charge in [0.05, 0.1) is 0 Å². The molecule has 2 fully saturated rings. The van der Waals surface area contributed by atoms with Crippen LogP contribution in [0, 0.1) is 5.92 Å². The highest BCUT2D eigenvalue weighted by Crippen LogP contribution is 2.53. The van der Waals surface area contributed by atoms with E-state index in [0.717, 1.165) is 12.8 Å². The maximum atomic E-state index is 13.1. The first-order chi connectivity index (χ1) is 10.0. The van der Waals surface area contributed by atoms with E-state index < -0.39 is 5.54 Å². The van der Waals surface area contributed by atoms with Gasteiger partial charge in [0.1, 0.15) is 5.54 Å². The first-order valence-electron chi connectivity index (χ1n) is 8.32. The molecule has 0 N–H and O–H groups in total. The Bertz CT molecular complexity index is 508. The third-order valence-corrected chi connectivity index (χ3v) is 7.20. The van der Waals surface area contributed by atoms with Crippen LogP contribution >= 0.6 is 0 Å². The molecule has 0 bridgehead atoms. The lowest BCUT2D eigenvalue weighted by Crippen LogP contribution is -2.74. The van der Waals surface area contributed by atoms with E-state index in [-0.39, 0.29) is 28.9 Å². The summed E-state index contributed by atoms with van der Waals surface area (Å²) >= 11 is 0. The minimum absolute atomic E-state index is 0.0417. The van der Waals surface area contributed by atoms with Gasteiger partial charge in [-0.25, -0.2) is 4.79 Å². The Morgan fingerprint density at radius 3 is 2.00 bits per heavy atom. The van der Waals surface area contributed by atoms with Crippen LogP contribution in [-0.4, -0.2) is 64.4 Å². The number of likely N-dealkylation sites (tertiary alicyclic amines) is 1. The first-order valence-corrected chi connectivity index (χ1v) is 8.32. The van der Waals surface area contributed by atoms with Gasteiger partial charge in [-0.05, 0) is 40.2 Å². The van der Waals surface area contributed by atoms with Crippen LogP contribution in [0.3, 0.4) is 0 Å². The van der Waals surface area contributed by atoms with E-state index in [0.29, 0.717) is 6.42 Å². The van der Waals surface area contributed by atoms with Crippen molar-refractivity contribution in [1.29, 1.82) is 0 Å². The average Bonchev–Trinajstić information content (AvgIpc) is 2.67. The predicted molar refractivity (Wildman–Crippen MR) is 87.6 cm³/mol. The molecule has 0 aromatic rings. The standard InChI is InChI=1S/C17H31N3O2/c1-9-15(4)11-17(12(3)16(5,10-2)20(15)8)13(21)18(6)14(22)19(17)7/h12H,9-11H2,1-8H3. The largest absolute Gasteiger partial charge is 0.327 e. The van der Waals surface area contributed by atoms with Gasteiger partial charge in [-0.15, -0.1) is 0 Å². The van der Waals surface area contributed by atoms with Crippen molar-refractivity contribution >= 4 is 11.9 Å². The highest BCUT2D eigenvalue weighted by molar-refractivity contribution is 6.07. The van der Waals surface area contributed by atoms with Crippen molar-refractivity contribution in [3.8, 4) is 0 Å². The monoisotopic (exact) mass is 309 g/mol. The molecule has 4 atom stereocenters. The van der Waals surface area contributed by atoms with Crippen LogP contribution < -0.4 is 0 Å².